The highest BCUT2D eigenvalue weighted by molar-refractivity contribution is 5.93. The number of carbonyl (C=O) groups excluding carboxylic acids is 2. The topological polar surface area (TPSA) is 84.2 Å². The highest BCUT2D eigenvalue weighted by Gasteiger charge is 2.27. The third-order valence-electron chi connectivity index (χ3n) is 4.35. The first-order chi connectivity index (χ1) is 10.8. The second kappa shape index (κ2) is 8.49. The molecule has 0 bridgehead atoms. The molecular weight excluding hydrogens is 326 g/mol. The molecule has 0 spiro atoms. The van der Waals surface area contributed by atoms with Gasteiger partial charge in [-0.15, -0.1) is 12.4 Å². The van der Waals surface area contributed by atoms with Crippen LogP contribution in [-0.4, -0.2) is 17.9 Å². The van der Waals surface area contributed by atoms with Crippen LogP contribution in [0.5, 0.6) is 0 Å². The summed E-state index contributed by atoms with van der Waals surface area (Å²) in [5, 5.41) is 5.80. The quantitative estimate of drug-likeness (QED) is 0.761. The van der Waals surface area contributed by atoms with Crippen LogP contribution in [-0.2, 0) is 16.1 Å². The summed E-state index contributed by atoms with van der Waals surface area (Å²) in [5.41, 5.74) is 7.37. The van der Waals surface area contributed by atoms with Crippen LogP contribution in [0.3, 0.4) is 0 Å². The Morgan fingerprint density at radius 1 is 1.29 bits per heavy atom. The van der Waals surface area contributed by atoms with Crippen LogP contribution >= 0.6 is 12.4 Å². The van der Waals surface area contributed by atoms with Gasteiger partial charge in [-0.3, -0.25) is 9.59 Å². The van der Waals surface area contributed by atoms with E-state index in [9.17, 15) is 9.59 Å². The molecule has 1 saturated carbocycles. The van der Waals surface area contributed by atoms with Crippen molar-refractivity contribution in [2.75, 3.05) is 5.32 Å². The molecule has 1 aromatic carbocycles. The predicted molar refractivity (Wildman–Crippen MR) is 98.9 cm³/mol. The van der Waals surface area contributed by atoms with Crippen molar-refractivity contribution in [1.82, 2.24) is 5.32 Å². The van der Waals surface area contributed by atoms with Crippen LogP contribution in [0, 0.1) is 11.3 Å². The van der Waals surface area contributed by atoms with E-state index in [2.05, 4.69) is 10.6 Å². The second-order valence-corrected chi connectivity index (χ2v) is 7.38. The molecule has 1 fully saturated rings. The van der Waals surface area contributed by atoms with E-state index in [1.165, 1.54) is 0 Å². The van der Waals surface area contributed by atoms with Gasteiger partial charge >= 0.3 is 0 Å². The lowest BCUT2D eigenvalue weighted by Gasteiger charge is -2.26. The SMILES string of the molecule is CC(C)(C)[C@H](N)C(=O)NCc1cccc(NC(=O)C2CCC2)c1.Cl. The van der Waals surface area contributed by atoms with E-state index < -0.39 is 6.04 Å². The van der Waals surface area contributed by atoms with E-state index in [0.717, 1.165) is 30.5 Å². The lowest BCUT2D eigenvalue weighted by molar-refractivity contribution is -0.124. The number of halogens is 1. The largest absolute Gasteiger partial charge is 0.351 e. The summed E-state index contributed by atoms with van der Waals surface area (Å²) in [6, 6.07) is 7.00. The monoisotopic (exact) mass is 353 g/mol. The zero-order chi connectivity index (χ0) is 17.0. The Morgan fingerprint density at radius 3 is 2.50 bits per heavy atom. The van der Waals surface area contributed by atoms with Crippen molar-refractivity contribution in [3.05, 3.63) is 29.8 Å². The molecule has 0 heterocycles. The summed E-state index contributed by atoms with van der Waals surface area (Å²) < 4.78 is 0. The van der Waals surface area contributed by atoms with E-state index >= 15 is 0 Å². The zero-order valence-electron chi connectivity index (χ0n) is 14.6. The van der Waals surface area contributed by atoms with Gasteiger partial charge in [0.2, 0.25) is 11.8 Å². The van der Waals surface area contributed by atoms with Gasteiger partial charge in [-0.05, 0) is 36.0 Å². The Morgan fingerprint density at radius 2 is 1.96 bits per heavy atom. The Kier molecular flexibility index (Phi) is 7.24. The van der Waals surface area contributed by atoms with E-state index in [1.807, 2.05) is 45.0 Å². The minimum absolute atomic E-state index is 0. The molecule has 0 unspecified atom stereocenters. The van der Waals surface area contributed by atoms with Crippen molar-refractivity contribution in [1.29, 1.82) is 0 Å². The minimum Gasteiger partial charge on any atom is -0.351 e. The van der Waals surface area contributed by atoms with Gasteiger partial charge in [0.25, 0.3) is 0 Å². The lowest BCUT2D eigenvalue weighted by atomic mass is 9.85. The third-order valence-corrected chi connectivity index (χ3v) is 4.35. The third kappa shape index (κ3) is 5.49. The number of rotatable bonds is 5. The summed E-state index contributed by atoms with van der Waals surface area (Å²) >= 11 is 0. The molecule has 2 rings (SSSR count). The van der Waals surface area contributed by atoms with Crippen molar-refractivity contribution in [3.8, 4) is 0 Å². The average Bonchev–Trinajstić information content (AvgIpc) is 2.41. The van der Waals surface area contributed by atoms with Crippen LogP contribution < -0.4 is 16.4 Å². The maximum Gasteiger partial charge on any atom is 0.237 e. The molecular formula is C18H28ClN3O2. The van der Waals surface area contributed by atoms with Gasteiger partial charge in [0.15, 0.2) is 0 Å². The van der Waals surface area contributed by atoms with E-state index in [-0.39, 0.29) is 35.6 Å². The molecule has 134 valence electrons. The molecule has 2 amide bonds. The summed E-state index contributed by atoms with van der Waals surface area (Å²) in [7, 11) is 0. The Hall–Kier alpha value is -1.59. The molecule has 1 aliphatic carbocycles. The van der Waals surface area contributed by atoms with Gasteiger partial charge in [0.1, 0.15) is 0 Å². The number of amides is 2. The summed E-state index contributed by atoms with van der Waals surface area (Å²) in [6.07, 6.45) is 3.09. The zero-order valence-corrected chi connectivity index (χ0v) is 15.4. The van der Waals surface area contributed by atoms with Crippen molar-refractivity contribution in [2.24, 2.45) is 17.1 Å². The van der Waals surface area contributed by atoms with Gasteiger partial charge in [-0.1, -0.05) is 39.3 Å². The van der Waals surface area contributed by atoms with Gasteiger partial charge in [0, 0.05) is 18.2 Å². The average molecular weight is 354 g/mol. The van der Waals surface area contributed by atoms with Gasteiger partial charge in [-0.2, -0.15) is 0 Å². The van der Waals surface area contributed by atoms with E-state index in [4.69, 9.17) is 5.73 Å². The van der Waals surface area contributed by atoms with E-state index in [1.54, 1.807) is 0 Å². The van der Waals surface area contributed by atoms with Gasteiger partial charge < -0.3 is 16.4 Å². The summed E-state index contributed by atoms with van der Waals surface area (Å²) in [4.78, 5) is 24.0. The highest BCUT2D eigenvalue weighted by Crippen LogP contribution is 2.27. The second-order valence-electron chi connectivity index (χ2n) is 7.38. The lowest BCUT2D eigenvalue weighted by Crippen LogP contribution is -2.48. The van der Waals surface area contributed by atoms with Crippen molar-refractivity contribution in [2.45, 2.75) is 52.6 Å². The van der Waals surface area contributed by atoms with Crippen LogP contribution in [0.2, 0.25) is 0 Å². The Labute approximate surface area is 150 Å². The van der Waals surface area contributed by atoms with Gasteiger partial charge in [0.05, 0.1) is 6.04 Å². The van der Waals surface area contributed by atoms with Crippen LogP contribution in [0.1, 0.15) is 45.6 Å². The highest BCUT2D eigenvalue weighted by atomic mass is 35.5. The number of anilines is 1. The van der Waals surface area contributed by atoms with Gasteiger partial charge in [-0.25, -0.2) is 0 Å². The summed E-state index contributed by atoms with van der Waals surface area (Å²) in [6.45, 7) is 6.21. The standard InChI is InChI=1S/C18H27N3O2.ClH/c1-18(2,3)15(19)17(23)20-11-12-6-4-9-14(10-12)21-16(22)13-7-5-8-13;/h4,6,9-10,13,15H,5,7-8,11,19H2,1-3H3,(H,20,23)(H,21,22);1H/t15-;/m1./s1. The molecule has 0 aliphatic heterocycles. The molecule has 0 aromatic heterocycles. The number of nitrogens with two attached hydrogens (primary N) is 1. The fourth-order valence-corrected chi connectivity index (χ4v) is 2.37. The van der Waals surface area contributed by atoms with Crippen molar-refractivity contribution in [3.63, 3.8) is 0 Å². The first-order valence-corrected chi connectivity index (χ1v) is 8.20. The van der Waals surface area contributed by atoms with Crippen molar-refractivity contribution >= 4 is 29.9 Å². The number of benzene rings is 1. The summed E-state index contributed by atoms with van der Waals surface area (Å²) in [5.74, 6) is 0.0803. The molecule has 1 aliphatic rings. The molecule has 4 N–H and O–H groups in total. The first kappa shape index (κ1) is 20.5. The van der Waals surface area contributed by atoms with E-state index in [0.29, 0.717) is 6.54 Å². The molecule has 24 heavy (non-hydrogen) atoms. The Bertz CT molecular complexity index is 580. The smallest absolute Gasteiger partial charge is 0.237 e. The number of carbonyl (C=O) groups is 2. The predicted octanol–water partition coefficient (Wildman–Crippen LogP) is 2.84. The Balaban J connectivity index is 0.00000288. The maximum absolute atomic E-state index is 12.1. The number of hydrogen-bond acceptors (Lipinski definition) is 3. The normalized spacial score (nSPS) is 15.7. The molecule has 6 heteroatoms. The first-order valence-electron chi connectivity index (χ1n) is 8.20. The molecule has 0 radical (unpaired) electrons. The molecule has 1 atom stereocenters. The fraction of sp³-hybridized carbons (Fsp3) is 0.556. The van der Waals surface area contributed by atoms with Crippen LogP contribution in [0.4, 0.5) is 5.69 Å². The maximum atomic E-state index is 12.1. The number of hydrogen-bond donors (Lipinski definition) is 3. The molecule has 1 aromatic rings. The molecule has 5 nitrogen and oxygen atoms in total. The van der Waals surface area contributed by atoms with Crippen LogP contribution in [0.15, 0.2) is 24.3 Å². The minimum atomic E-state index is -0.552. The van der Waals surface area contributed by atoms with Crippen LogP contribution in [0.25, 0.3) is 0 Å². The molecule has 0 saturated heterocycles. The van der Waals surface area contributed by atoms with Crippen molar-refractivity contribution < 1.29 is 9.59 Å². The number of nitrogens with one attached hydrogen (secondary N) is 2. The fourth-order valence-electron chi connectivity index (χ4n) is 2.37.